The van der Waals surface area contributed by atoms with Crippen molar-refractivity contribution in [3.8, 4) is 5.75 Å². The molecule has 3 aliphatic rings. The third-order valence-electron chi connectivity index (χ3n) is 6.50. The Morgan fingerprint density at radius 3 is 2.68 bits per heavy atom. The van der Waals surface area contributed by atoms with Crippen LogP contribution in [0.5, 0.6) is 5.75 Å². The van der Waals surface area contributed by atoms with Gasteiger partial charge in [-0.25, -0.2) is 9.18 Å². The molecule has 7 nitrogen and oxygen atoms in total. The minimum atomic E-state index is -1.56. The summed E-state index contributed by atoms with van der Waals surface area (Å²) in [5, 5.41) is 9.07. The van der Waals surface area contributed by atoms with Crippen molar-refractivity contribution >= 4 is 22.7 Å². The quantitative estimate of drug-likeness (QED) is 0.786. The molecule has 2 aliphatic carbocycles. The summed E-state index contributed by atoms with van der Waals surface area (Å²) >= 11 is 0. The number of pyridine rings is 1. The van der Waals surface area contributed by atoms with Crippen LogP contribution in [0, 0.1) is 18.2 Å². The molecule has 5 rings (SSSR count). The molecule has 3 fully saturated rings. The zero-order chi connectivity index (χ0) is 19.8. The Hall–Kier alpha value is -2.61. The second-order valence-electron chi connectivity index (χ2n) is 8.41. The molecule has 1 aromatic heterocycles. The van der Waals surface area contributed by atoms with Crippen molar-refractivity contribution in [2.24, 2.45) is 11.1 Å². The highest BCUT2D eigenvalue weighted by Gasteiger charge is 2.54. The predicted molar refractivity (Wildman–Crippen MR) is 102 cm³/mol. The summed E-state index contributed by atoms with van der Waals surface area (Å²) in [6, 6.07) is 1.41. The second-order valence-corrected chi connectivity index (χ2v) is 8.41. The first-order valence-electron chi connectivity index (χ1n) is 9.60. The maximum absolute atomic E-state index is 15.2. The van der Waals surface area contributed by atoms with E-state index in [0.717, 1.165) is 32.2 Å². The zero-order valence-electron chi connectivity index (χ0n) is 15.6. The van der Waals surface area contributed by atoms with Crippen molar-refractivity contribution in [2.75, 3.05) is 18.0 Å². The molecule has 1 aromatic carbocycles. The number of halogens is 1. The second kappa shape index (κ2) is 5.70. The standard InChI is InChI=1S/C20H22FN3O4/c1-10-16-12(18(25)14(28-19(26)27)7-24(16)11-2-3-11)6-13(21)17(10)23-8-15(22)20(9-23)4-5-20/h6-7,11,15H,2-5,8-9,22H2,1H3,(H,26,27). The molecule has 8 heteroatoms. The van der Waals surface area contributed by atoms with Crippen LogP contribution in [0.15, 0.2) is 17.1 Å². The number of nitrogens with two attached hydrogens (primary N) is 1. The molecule has 1 saturated heterocycles. The number of carboxylic acid groups (broad SMARTS) is 1. The molecule has 1 spiro atoms. The van der Waals surface area contributed by atoms with Crippen molar-refractivity contribution in [1.82, 2.24) is 4.57 Å². The van der Waals surface area contributed by atoms with Crippen LogP contribution in [0.3, 0.4) is 0 Å². The number of ether oxygens (including phenoxy) is 1. The first-order chi connectivity index (χ1) is 13.3. The van der Waals surface area contributed by atoms with Crippen molar-refractivity contribution in [3.63, 3.8) is 0 Å². The van der Waals surface area contributed by atoms with E-state index in [9.17, 15) is 9.59 Å². The fourth-order valence-electron chi connectivity index (χ4n) is 4.69. The first-order valence-corrected chi connectivity index (χ1v) is 9.60. The molecule has 1 unspecified atom stereocenters. The molecule has 2 saturated carbocycles. The van der Waals surface area contributed by atoms with Crippen molar-refractivity contribution in [3.05, 3.63) is 33.9 Å². The molecule has 0 bridgehead atoms. The summed E-state index contributed by atoms with van der Waals surface area (Å²) in [6.45, 7) is 3.14. The average Bonchev–Trinajstić information content (AvgIpc) is 3.51. The first kappa shape index (κ1) is 17.5. The van der Waals surface area contributed by atoms with Gasteiger partial charge < -0.3 is 25.0 Å². The topological polar surface area (TPSA) is 97.8 Å². The van der Waals surface area contributed by atoms with E-state index in [0.29, 0.717) is 23.3 Å². The maximum Gasteiger partial charge on any atom is 0.511 e. The molecule has 28 heavy (non-hydrogen) atoms. The molecule has 148 valence electrons. The van der Waals surface area contributed by atoms with E-state index in [-0.39, 0.29) is 28.6 Å². The van der Waals surface area contributed by atoms with Gasteiger partial charge in [0.15, 0.2) is 5.75 Å². The van der Waals surface area contributed by atoms with Gasteiger partial charge in [0.05, 0.1) is 22.8 Å². The average molecular weight is 387 g/mol. The fraction of sp³-hybridized carbons (Fsp3) is 0.500. The number of rotatable bonds is 3. The lowest BCUT2D eigenvalue weighted by molar-refractivity contribution is 0.143. The molecule has 0 amide bonds. The lowest BCUT2D eigenvalue weighted by Gasteiger charge is -2.24. The number of hydrogen-bond acceptors (Lipinski definition) is 5. The van der Waals surface area contributed by atoms with Crippen molar-refractivity contribution in [2.45, 2.75) is 44.7 Å². The van der Waals surface area contributed by atoms with Crippen molar-refractivity contribution in [1.29, 1.82) is 0 Å². The summed E-state index contributed by atoms with van der Waals surface area (Å²) < 4.78 is 21.7. The summed E-state index contributed by atoms with van der Waals surface area (Å²) in [7, 11) is 0. The number of nitrogens with zero attached hydrogens (tertiary/aromatic N) is 2. The van der Waals surface area contributed by atoms with Gasteiger partial charge in [0.25, 0.3) is 0 Å². The Bertz CT molecular complexity index is 1070. The van der Waals surface area contributed by atoms with Gasteiger partial charge in [0, 0.05) is 30.6 Å². The third-order valence-corrected chi connectivity index (χ3v) is 6.50. The SMILES string of the molecule is Cc1c(N2CC(N)C3(CC3)C2)c(F)cc2c(=O)c(OC(=O)O)cn(C3CC3)c12. The largest absolute Gasteiger partial charge is 0.511 e. The highest BCUT2D eigenvalue weighted by Crippen LogP contribution is 2.53. The molecule has 1 atom stereocenters. The van der Waals surface area contributed by atoms with E-state index < -0.39 is 17.4 Å². The van der Waals surface area contributed by atoms with E-state index in [1.165, 1.54) is 12.3 Å². The number of carbonyl (C=O) groups is 1. The maximum atomic E-state index is 15.2. The smallest absolute Gasteiger partial charge is 0.449 e. The lowest BCUT2D eigenvalue weighted by atomic mass is 10.0. The van der Waals surface area contributed by atoms with Gasteiger partial charge >= 0.3 is 6.16 Å². The number of aromatic nitrogens is 1. The van der Waals surface area contributed by atoms with E-state index in [2.05, 4.69) is 4.74 Å². The van der Waals surface area contributed by atoms with E-state index in [1.807, 2.05) is 16.4 Å². The Labute approximate surface area is 160 Å². The van der Waals surface area contributed by atoms with Gasteiger partial charge in [-0.05, 0) is 44.2 Å². The Morgan fingerprint density at radius 2 is 2.11 bits per heavy atom. The number of anilines is 1. The minimum absolute atomic E-state index is 0.0268. The fourth-order valence-corrected chi connectivity index (χ4v) is 4.69. The summed E-state index contributed by atoms with van der Waals surface area (Å²) in [5.41, 5.74) is 7.62. The number of fused-ring (bicyclic) bond motifs is 1. The van der Waals surface area contributed by atoms with Gasteiger partial charge in [0.2, 0.25) is 5.43 Å². The Balaban J connectivity index is 1.71. The highest BCUT2D eigenvalue weighted by molar-refractivity contribution is 5.89. The molecule has 0 radical (unpaired) electrons. The van der Waals surface area contributed by atoms with Crippen LogP contribution < -0.4 is 20.8 Å². The predicted octanol–water partition coefficient (Wildman–Crippen LogP) is 2.77. The Kier molecular flexibility index (Phi) is 3.56. The van der Waals surface area contributed by atoms with Crippen LogP contribution in [0.4, 0.5) is 14.9 Å². The molecule has 3 N–H and O–H groups in total. The molecule has 1 aliphatic heterocycles. The van der Waals surface area contributed by atoms with Gasteiger partial charge in [0.1, 0.15) is 5.82 Å². The van der Waals surface area contributed by atoms with Crippen LogP contribution in [0.2, 0.25) is 0 Å². The molecule has 2 heterocycles. The van der Waals surface area contributed by atoms with Crippen LogP contribution in [0.25, 0.3) is 10.9 Å². The van der Waals surface area contributed by atoms with Crippen LogP contribution in [0.1, 0.15) is 37.3 Å². The van der Waals surface area contributed by atoms with Crippen LogP contribution in [-0.4, -0.2) is 35.0 Å². The van der Waals surface area contributed by atoms with E-state index in [4.69, 9.17) is 10.8 Å². The lowest BCUT2D eigenvalue weighted by Crippen LogP contribution is -2.30. The van der Waals surface area contributed by atoms with Crippen LogP contribution >= 0.6 is 0 Å². The third kappa shape index (κ3) is 2.51. The minimum Gasteiger partial charge on any atom is -0.449 e. The van der Waals surface area contributed by atoms with Crippen LogP contribution in [-0.2, 0) is 0 Å². The monoisotopic (exact) mass is 387 g/mol. The van der Waals surface area contributed by atoms with Gasteiger partial charge in [-0.15, -0.1) is 0 Å². The Morgan fingerprint density at radius 1 is 1.39 bits per heavy atom. The number of aryl methyl sites for hydroxylation is 1. The van der Waals surface area contributed by atoms with Gasteiger partial charge in [-0.3, -0.25) is 4.79 Å². The highest BCUT2D eigenvalue weighted by atomic mass is 19.1. The van der Waals surface area contributed by atoms with Crippen molar-refractivity contribution < 1.29 is 19.0 Å². The van der Waals surface area contributed by atoms with E-state index in [1.54, 1.807) is 0 Å². The number of benzene rings is 1. The number of hydrogen-bond donors (Lipinski definition) is 2. The van der Waals surface area contributed by atoms with Gasteiger partial charge in [-0.2, -0.15) is 0 Å². The summed E-state index contributed by atoms with van der Waals surface area (Å²) in [6.07, 6.45) is 3.88. The molecular weight excluding hydrogens is 365 g/mol. The molecular formula is C20H22FN3O4. The summed E-state index contributed by atoms with van der Waals surface area (Å²) in [4.78, 5) is 25.7. The molecule has 2 aromatic rings. The normalized spacial score (nSPS) is 22.8. The summed E-state index contributed by atoms with van der Waals surface area (Å²) in [5.74, 6) is -0.777. The zero-order valence-corrected chi connectivity index (χ0v) is 15.6. The van der Waals surface area contributed by atoms with E-state index >= 15 is 4.39 Å². The van der Waals surface area contributed by atoms with Gasteiger partial charge in [-0.1, -0.05) is 0 Å².